The standard InChI is InChI=1S/C16H23N7O5/c1-22(4-2-3-8(17)16(26)27)5-9-11(24)12(25)15(28-9)23-7-21-10-13(18)19-6-20-14(10)23/h2-3,6-9,11-12,15,24-25H,4-5,17H2,1H3,(H,26,27)(H2,18,19,20)/t8?,9-,11-,12-,15-/m1/s1. The number of carbonyl (C=O) groups is 1. The third-order valence-corrected chi connectivity index (χ3v) is 4.54. The van der Waals surface area contributed by atoms with E-state index in [4.69, 9.17) is 21.3 Å². The van der Waals surface area contributed by atoms with Crippen LogP contribution in [0.25, 0.3) is 11.2 Å². The number of rotatable bonds is 7. The molecule has 0 spiro atoms. The molecule has 2 aromatic rings. The van der Waals surface area contributed by atoms with E-state index < -0.39 is 36.6 Å². The Hall–Kier alpha value is -2.64. The van der Waals surface area contributed by atoms with E-state index in [2.05, 4.69) is 15.0 Å². The normalized spacial score (nSPS) is 26.5. The van der Waals surface area contributed by atoms with Crippen molar-refractivity contribution in [2.45, 2.75) is 30.6 Å². The van der Waals surface area contributed by atoms with Crippen LogP contribution in [-0.2, 0) is 9.53 Å². The number of fused-ring (bicyclic) bond motifs is 1. The molecule has 12 heteroatoms. The number of nitrogens with zero attached hydrogens (tertiary/aromatic N) is 5. The molecule has 5 atom stereocenters. The Morgan fingerprint density at radius 1 is 1.39 bits per heavy atom. The largest absolute Gasteiger partial charge is 0.480 e. The van der Waals surface area contributed by atoms with E-state index in [0.29, 0.717) is 24.3 Å². The van der Waals surface area contributed by atoms with Gasteiger partial charge in [0.15, 0.2) is 17.7 Å². The second-order valence-electron chi connectivity index (χ2n) is 6.64. The highest BCUT2D eigenvalue weighted by Gasteiger charge is 2.44. The van der Waals surface area contributed by atoms with Crippen LogP contribution in [0.15, 0.2) is 24.8 Å². The van der Waals surface area contributed by atoms with Crippen molar-refractivity contribution in [1.29, 1.82) is 0 Å². The van der Waals surface area contributed by atoms with Crippen LogP contribution in [0.5, 0.6) is 0 Å². The Labute approximate surface area is 160 Å². The fraction of sp³-hybridized carbons (Fsp3) is 0.500. The summed E-state index contributed by atoms with van der Waals surface area (Å²) in [6, 6.07) is -1.07. The number of anilines is 1. The number of nitrogen functional groups attached to an aromatic ring is 1. The molecule has 28 heavy (non-hydrogen) atoms. The van der Waals surface area contributed by atoms with Crippen LogP contribution >= 0.6 is 0 Å². The van der Waals surface area contributed by atoms with Gasteiger partial charge in [-0.05, 0) is 7.05 Å². The first-order valence-electron chi connectivity index (χ1n) is 8.57. The number of aromatic nitrogens is 4. The number of imidazole rings is 1. The van der Waals surface area contributed by atoms with Crippen LogP contribution in [-0.4, -0.2) is 90.2 Å². The fourth-order valence-corrected chi connectivity index (χ4v) is 3.02. The van der Waals surface area contributed by atoms with Gasteiger partial charge in [0.25, 0.3) is 0 Å². The fourth-order valence-electron chi connectivity index (χ4n) is 3.02. The summed E-state index contributed by atoms with van der Waals surface area (Å²) in [7, 11) is 1.77. The van der Waals surface area contributed by atoms with Gasteiger partial charge in [0.2, 0.25) is 0 Å². The van der Waals surface area contributed by atoms with Gasteiger partial charge in [-0.15, -0.1) is 0 Å². The number of likely N-dealkylation sites (N-methyl/N-ethyl adjacent to an activating group) is 1. The maximum Gasteiger partial charge on any atom is 0.324 e. The van der Waals surface area contributed by atoms with E-state index in [0.717, 1.165) is 0 Å². The molecule has 1 fully saturated rings. The first-order valence-corrected chi connectivity index (χ1v) is 8.57. The van der Waals surface area contributed by atoms with Gasteiger partial charge in [-0.1, -0.05) is 12.2 Å². The molecule has 0 radical (unpaired) electrons. The van der Waals surface area contributed by atoms with Gasteiger partial charge >= 0.3 is 5.97 Å². The quantitative estimate of drug-likeness (QED) is 0.325. The molecule has 12 nitrogen and oxygen atoms in total. The minimum atomic E-state index is -1.19. The lowest BCUT2D eigenvalue weighted by Crippen LogP contribution is -2.38. The molecule has 1 aliphatic rings. The molecule has 3 rings (SSSR count). The number of nitrogens with two attached hydrogens (primary N) is 2. The first-order chi connectivity index (χ1) is 13.3. The molecular weight excluding hydrogens is 370 g/mol. The second kappa shape index (κ2) is 8.16. The highest BCUT2D eigenvalue weighted by atomic mass is 16.6. The Balaban J connectivity index is 1.67. The molecule has 0 aromatic carbocycles. The van der Waals surface area contributed by atoms with Crippen molar-refractivity contribution < 1.29 is 24.9 Å². The number of ether oxygens (including phenoxy) is 1. The summed E-state index contributed by atoms with van der Waals surface area (Å²) >= 11 is 0. The first kappa shape index (κ1) is 20.1. The lowest BCUT2D eigenvalue weighted by Gasteiger charge is -2.21. The number of hydrogen-bond donors (Lipinski definition) is 5. The molecule has 1 aliphatic heterocycles. The van der Waals surface area contributed by atoms with Crippen molar-refractivity contribution in [3.05, 3.63) is 24.8 Å². The maximum atomic E-state index is 10.7. The zero-order valence-electron chi connectivity index (χ0n) is 15.2. The Morgan fingerprint density at radius 3 is 2.86 bits per heavy atom. The van der Waals surface area contributed by atoms with Crippen molar-refractivity contribution in [1.82, 2.24) is 24.4 Å². The summed E-state index contributed by atoms with van der Waals surface area (Å²) in [5.41, 5.74) is 12.0. The molecule has 0 bridgehead atoms. The Bertz CT molecular complexity index is 872. The average Bonchev–Trinajstić information content (AvgIpc) is 3.19. The number of carboxylic acids is 1. The predicted octanol–water partition coefficient (Wildman–Crippen LogP) is -2.07. The van der Waals surface area contributed by atoms with Crippen molar-refractivity contribution in [2.24, 2.45) is 5.73 Å². The lowest BCUT2D eigenvalue weighted by molar-refractivity contribution is -0.137. The molecule has 0 saturated carbocycles. The van der Waals surface area contributed by atoms with E-state index in [1.807, 2.05) is 0 Å². The zero-order chi connectivity index (χ0) is 20.4. The highest BCUT2D eigenvalue weighted by molar-refractivity contribution is 5.81. The molecule has 3 heterocycles. The molecule has 152 valence electrons. The summed E-state index contributed by atoms with van der Waals surface area (Å²) in [5.74, 6) is -0.907. The summed E-state index contributed by atoms with van der Waals surface area (Å²) in [4.78, 5) is 24.6. The molecule has 1 saturated heterocycles. The Morgan fingerprint density at radius 2 is 2.14 bits per heavy atom. The van der Waals surface area contributed by atoms with Gasteiger partial charge in [0.1, 0.15) is 36.2 Å². The third kappa shape index (κ3) is 3.95. The maximum absolute atomic E-state index is 10.7. The molecule has 0 amide bonds. The SMILES string of the molecule is CN(CC=CC(N)C(=O)O)C[C@H]1O[C@@H](n2cnc3c(N)ncnc32)[C@H](O)[C@@H]1O. The van der Waals surface area contributed by atoms with Gasteiger partial charge in [-0.3, -0.25) is 9.36 Å². The zero-order valence-corrected chi connectivity index (χ0v) is 15.2. The van der Waals surface area contributed by atoms with Gasteiger partial charge in [0, 0.05) is 13.1 Å². The van der Waals surface area contributed by atoms with Gasteiger partial charge in [-0.25, -0.2) is 15.0 Å². The van der Waals surface area contributed by atoms with E-state index in [1.54, 1.807) is 18.0 Å². The van der Waals surface area contributed by atoms with Crippen molar-refractivity contribution in [3.8, 4) is 0 Å². The topological polar surface area (TPSA) is 186 Å². The smallest absolute Gasteiger partial charge is 0.324 e. The van der Waals surface area contributed by atoms with Crippen molar-refractivity contribution in [3.63, 3.8) is 0 Å². The van der Waals surface area contributed by atoms with Crippen LogP contribution in [0.4, 0.5) is 5.82 Å². The molecular formula is C16H23N7O5. The minimum absolute atomic E-state index is 0.208. The van der Waals surface area contributed by atoms with E-state index in [1.165, 1.54) is 23.3 Å². The van der Waals surface area contributed by atoms with E-state index in [9.17, 15) is 15.0 Å². The summed E-state index contributed by atoms with van der Waals surface area (Å²) < 4.78 is 7.36. The van der Waals surface area contributed by atoms with Crippen LogP contribution in [0.1, 0.15) is 6.23 Å². The van der Waals surface area contributed by atoms with Crippen LogP contribution in [0, 0.1) is 0 Å². The number of aliphatic carboxylic acids is 1. The summed E-state index contributed by atoms with van der Waals surface area (Å²) in [6.45, 7) is 0.692. The summed E-state index contributed by atoms with van der Waals surface area (Å²) in [6.07, 6.45) is 1.83. The predicted molar refractivity (Wildman–Crippen MR) is 97.9 cm³/mol. The van der Waals surface area contributed by atoms with Crippen LogP contribution in [0.3, 0.4) is 0 Å². The lowest BCUT2D eigenvalue weighted by atomic mass is 10.1. The Kier molecular flexibility index (Phi) is 5.86. The number of carboxylic acid groups (broad SMARTS) is 1. The molecule has 7 N–H and O–H groups in total. The van der Waals surface area contributed by atoms with Crippen molar-refractivity contribution >= 4 is 23.0 Å². The van der Waals surface area contributed by atoms with Gasteiger partial charge < -0.3 is 36.4 Å². The monoisotopic (exact) mass is 393 g/mol. The molecule has 0 aliphatic carbocycles. The van der Waals surface area contributed by atoms with E-state index in [-0.39, 0.29) is 5.82 Å². The van der Waals surface area contributed by atoms with E-state index >= 15 is 0 Å². The average molecular weight is 393 g/mol. The van der Waals surface area contributed by atoms with Gasteiger partial charge in [0.05, 0.1) is 6.33 Å². The van der Waals surface area contributed by atoms with Gasteiger partial charge in [-0.2, -0.15) is 0 Å². The number of aliphatic hydroxyl groups excluding tert-OH is 2. The number of aliphatic hydroxyl groups is 2. The number of hydrogen-bond acceptors (Lipinski definition) is 10. The highest BCUT2D eigenvalue weighted by Crippen LogP contribution is 2.32. The minimum Gasteiger partial charge on any atom is -0.480 e. The summed E-state index contributed by atoms with van der Waals surface area (Å²) in [5, 5.41) is 29.6. The third-order valence-electron chi connectivity index (χ3n) is 4.54. The molecule has 2 aromatic heterocycles. The second-order valence-corrected chi connectivity index (χ2v) is 6.64. The van der Waals surface area contributed by atoms with Crippen LogP contribution in [0.2, 0.25) is 0 Å². The van der Waals surface area contributed by atoms with Crippen molar-refractivity contribution in [2.75, 3.05) is 25.9 Å². The molecule has 1 unspecified atom stereocenters. The van der Waals surface area contributed by atoms with Crippen LogP contribution < -0.4 is 11.5 Å².